The highest BCUT2D eigenvalue weighted by molar-refractivity contribution is 8.15. The molecule has 3 rings (SSSR count). The summed E-state index contributed by atoms with van der Waals surface area (Å²) in [4.78, 5) is 12.1. The van der Waals surface area contributed by atoms with Crippen molar-refractivity contribution in [2.75, 3.05) is 7.11 Å². The summed E-state index contributed by atoms with van der Waals surface area (Å²) < 4.78 is 18.1. The van der Waals surface area contributed by atoms with Gasteiger partial charge >= 0.3 is 0 Å². The maximum atomic E-state index is 13.0. The molecule has 2 aromatic carbocycles. The number of hydrogen-bond donors (Lipinski definition) is 1. The van der Waals surface area contributed by atoms with Gasteiger partial charge in [0.2, 0.25) is 5.91 Å². The SMILES string of the molecule is COc1ccc(CC2S/C(=N/N=C(/C)c3ccc(F)cc3)NC2=O)cc1. The van der Waals surface area contributed by atoms with E-state index in [4.69, 9.17) is 4.74 Å². The number of benzene rings is 2. The molecule has 26 heavy (non-hydrogen) atoms. The molecule has 1 heterocycles. The molecule has 0 radical (unpaired) electrons. The number of carbonyl (C=O) groups excluding carboxylic acids is 1. The zero-order chi connectivity index (χ0) is 18.5. The average molecular weight is 371 g/mol. The van der Waals surface area contributed by atoms with Crippen LogP contribution in [0.15, 0.2) is 58.7 Å². The van der Waals surface area contributed by atoms with E-state index in [0.717, 1.165) is 16.9 Å². The lowest BCUT2D eigenvalue weighted by Gasteiger charge is -2.06. The standard InChI is InChI=1S/C19H18FN3O2S/c1-12(14-5-7-15(20)8-6-14)22-23-19-21-18(24)17(26-19)11-13-3-9-16(25-2)10-4-13/h3-10,17H,11H2,1-2H3,(H,21,23,24)/b22-12-. The lowest BCUT2D eigenvalue weighted by Crippen LogP contribution is -2.25. The number of nitrogens with zero attached hydrogens (tertiary/aromatic N) is 2. The predicted molar refractivity (Wildman–Crippen MR) is 102 cm³/mol. The third-order valence-electron chi connectivity index (χ3n) is 3.91. The van der Waals surface area contributed by atoms with Gasteiger partial charge in [-0.3, -0.25) is 4.79 Å². The second-order valence-corrected chi connectivity index (χ2v) is 6.94. The molecule has 5 nitrogen and oxygen atoms in total. The van der Waals surface area contributed by atoms with E-state index in [0.29, 0.717) is 17.3 Å². The number of rotatable bonds is 5. The second-order valence-electron chi connectivity index (χ2n) is 5.75. The van der Waals surface area contributed by atoms with E-state index in [1.54, 1.807) is 26.2 Å². The monoisotopic (exact) mass is 371 g/mol. The van der Waals surface area contributed by atoms with Crippen LogP contribution in [0.1, 0.15) is 18.1 Å². The average Bonchev–Trinajstić information content (AvgIpc) is 3.00. The van der Waals surface area contributed by atoms with Crippen LogP contribution >= 0.6 is 11.8 Å². The van der Waals surface area contributed by atoms with Crippen molar-refractivity contribution in [2.45, 2.75) is 18.6 Å². The van der Waals surface area contributed by atoms with Gasteiger partial charge in [0, 0.05) is 0 Å². The molecule has 1 aliphatic rings. The van der Waals surface area contributed by atoms with E-state index in [2.05, 4.69) is 15.5 Å². The Bertz CT molecular complexity index is 848. The minimum absolute atomic E-state index is 0.0841. The number of hydrogen-bond acceptors (Lipinski definition) is 5. The predicted octanol–water partition coefficient (Wildman–Crippen LogP) is 3.39. The van der Waals surface area contributed by atoms with Gasteiger partial charge < -0.3 is 10.1 Å². The van der Waals surface area contributed by atoms with Crippen molar-refractivity contribution in [3.8, 4) is 5.75 Å². The van der Waals surface area contributed by atoms with Crippen LogP contribution in [0.25, 0.3) is 0 Å². The van der Waals surface area contributed by atoms with Gasteiger partial charge in [-0.2, -0.15) is 5.10 Å². The van der Waals surface area contributed by atoms with Crippen LogP contribution in [-0.4, -0.2) is 29.1 Å². The van der Waals surface area contributed by atoms with Crippen LogP contribution in [-0.2, 0) is 11.2 Å². The number of methoxy groups -OCH3 is 1. The number of nitrogens with one attached hydrogen (secondary N) is 1. The molecule has 1 fully saturated rings. The van der Waals surface area contributed by atoms with Crippen molar-refractivity contribution in [3.63, 3.8) is 0 Å². The molecule has 0 aliphatic carbocycles. The molecule has 1 saturated heterocycles. The number of carbonyl (C=O) groups is 1. The molecular weight excluding hydrogens is 353 g/mol. The highest BCUT2D eigenvalue weighted by atomic mass is 32.2. The molecule has 1 amide bonds. The Morgan fingerprint density at radius 2 is 1.88 bits per heavy atom. The first kappa shape index (κ1) is 18.1. The Hall–Kier alpha value is -2.67. The summed E-state index contributed by atoms with van der Waals surface area (Å²) in [6, 6.07) is 13.7. The molecule has 1 atom stereocenters. The number of halogens is 1. The van der Waals surface area contributed by atoms with Gasteiger partial charge in [0.15, 0.2) is 5.17 Å². The molecule has 1 unspecified atom stereocenters. The number of amidine groups is 1. The lowest BCUT2D eigenvalue weighted by atomic mass is 10.1. The van der Waals surface area contributed by atoms with Gasteiger partial charge in [0.05, 0.1) is 18.1 Å². The largest absolute Gasteiger partial charge is 0.497 e. The van der Waals surface area contributed by atoms with Crippen LogP contribution in [0.3, 0.4) is 0 Å². The highest BCUT2D eigenvalue weighted by Crippen LogP contribution is 2.24. The molecule has 0 bridgehead atoms. The van der Waals surface area contributed by atoms with Crippen LogP contribution in [0.4, 0.5) is 4.39 Å². The van der Waals surface area contributed by atoms with Crippen molar-refractivity contribution < 1.29 is 13.9 Å². The Morgan fingerprint density at radius 1 is 1.19 bits per heavy atom. The fourth-order valence-electron chi connectivity index (χ4n) is 2.43. The van der Waals surface area contributed by atoms with E-state index in [9.17, 15) is 9.18 Å². The van der Waals surface area contributed by atoms with E-state index < -0.39 is 0 Å². The quantitative estimate of drug-likeness (QED) is 0.647. The number of thioether (sulfide) groups is 1. The first-order chi connectivity index (χ1) is 12.5. The Kier molecular flexibility index (Phi) is 5.68. The highest BCUT2D eigenvalue weighted by Gasteiger charge is 2.30. The van der Waals surface area contributed by atoms with E-state index in [1.165, 1.54) is 23.9 Å². The zero-order valence-electron chi connectivity index (χ0n) is 14.4. The van der Waals surface area contributed by atoms with E-state index >= 15 is 0 Å². The maximum absolute atomic E-state index is 13.0. The van der Waals surface area contributed by atoms with Crippen molar-refractivity contribution in [1.82, 2.24) is 5.32 Å². The third kappa shape index (κ3) is 4.49. The Labute approximate surface area is 155 Å². The van der Waals surface area contributed by atoms with E-state index in [-0.39, 0.29) is 17.0 Å². The van der Waals surface area contributed by atoms with Gasteiger partial charge in [-0.1, -0.05) is 36.0 Å². The van der Waals surface area contributed by atoms with Gasteiger partial charge in [0.25, 0.3) is 0 Å². The lowest BCUT2D eigenvalue weighted by molar-refractivity contribution is -0.118. The molecule has 0 aromatic heterocycles. The fourth-order valence-corrected chi connectivity index (χ4v) is 3.39. The van der Waals surface area contributed by atoms with Crippen molar-refractivity contribution in [1.29, 1.82) is 0 Å². The summed E-state index contributed by atoms with van der Waals surface area (Å²) in [5.74, 6) is 0.400. The van der Waals surface area contributed by atoms with Gasteiger partial charge in [0.1, 0.15) is 11.6 Å². The van der Waals surface area contributed by atoms with Gasteiger partial charge in [-0.25, -0.2) is 4.39 Å². The smallest absolute Gasteiger partial charge is 0.239 e. The zero-order valence-corrected chi connectivity index (χ0v) is 15.2. The molecule has 0 saturated carbocycles. The summed E-state index contributed by atoms with van der Waals surface area (Å²) in [6.45, 7) is 1.79. The minimum atomic E-state index is -0.298. The normalized spacial score (nSPS) is 18.9. The number of ether oxygens (including phenoxy) is 1. The molecule has 1 N–H and O–H groups in total. The molecular formula is C19H18FN3O2S. The first-order valence-electron chi connectivity index (χ1n) is 8.04. The fraction of sp³-hybridized carbons (Fsp3) is 0.211. The van der Waals surface area contributed by atoms with Crippen LogP contribution in [0.5, 0.6) is 5.75 Å². The summed E-state index contributed by atoms with van der Waals surface area (Å²) in [5.41, 5.74) is 2.47. The van der Waals surface area contributed by atoms with Crippen LogP contribution in [0.2, 0.25) is 0 Å². The van der Waals surface area contributed by atoms with Gasteiger partial charge in [-0.15, -0.1) is 5.10 Å². The second kappa shape index (κ2) is 8.14. The first-order valence-corrected chi connectivity index (χ1v) is 8.92. The summed E-state index contributed by atoms with van der Waals surface area (Å²) >= 11 is 1.35. The third-order valence-corrected chi connectivity index (χ3v) is 4.98. The van der Waals surface area contributed by atoms with Gasteiger partial charge in [-0.05, 0) is 48.7 Å². The summed E-state index contributed by atoms with van der Waals surface area (Å²) in [5, 5.41) is 11.2. The topological polar surface area (TPSA) is 63.1 Å². The molecule has 134 valence electrons. The van der Waals surface area contributed by atoms with Crippen molar-refractivity contribution >= 4 is 28.5 Å². The molecule has 2 aromatic rings. The van der Waals surface area contributed by atoms with E-state index in [1.807, 2.05) is 24.3 Å². The Morgan fingerprint density at radius 3 is 2.54 bits per heavy atom. The summed E-state index contributed by atoms with van der Waals surface area (Å²) in [6.07, 6.45) is 0.597. The van der Waals surface area contributed by atoms with Crippen LogP contribution < -0.4 is 10.1 Å². The van der Waals surface area contributed by atoms with Crippen molar-refractivity contribution in [2.24, 2.45) is 10.2 Å². The molecule has 1 aliphatic heterocycles. The minimum Gasteiger partial charge on any atom is -0.497 e. The molecule has 0 spiro atoms. The number of amides is 1. The van der Waals surface area contributed by atoms with Crippen LogP contribution in [0, 0.1) is 5.82 Å². The maximum Gasteiger partial charge on any atom is 0.239 e. The van der Waals surface area contributed by atoms with Crippen molar-refractivity contribution in [3.05, 3.63) is 65.5 Å². The Balaban J connectivity index is 1.65. The summed E-state index contributed by atoms with van der Waals surface area (Å²) in [7, 11) is 1.62. The molecule has 7 heteroatoms.